The van der Waals surface area contributed by atoms with Crippen molar-refractivity contribution in [1.82, 2.24) is 5.32 Å². The number of carboxylic acid groups (broad SMARTS) is 1. The van der Waals surface area contributed by atoms with Gasteiger partial charge in [0.2, 0.25) is 5.76 Å². The van der Waals surface area contributed by atoms with Crippen LogP contribution in [0.1, 0.15) is 16.1 Å². The summed E-state index contributed by atoms with van der Waals surface area (Å²) >= 11 is 0.772. The normalized spacial score (nSPS) is 16.3. The van der Waals surface area contributed by atoms with Gasteiger partial charge in [0.05, 0.1) is 17.4 Å². The molecule has 2 aromatic rings. The zero-order valence-corrected chi connectivity index (χ0v) is 12.0. The standard InChI is InChI=1S/C14H9NO6S/c1-20-8-3-2-6(4-10-12(16)15-14(19)22-10)11-7(8)5-9(21-11)13(17)18/h2-5H,1H3,(H,17,18)(H,15,16,19)/b10-4-. The van der Waals surface area contributed by atoms with Gasteiger partial charge in [-0.15, -0.1) is 0 Å². The first-order valence-electron chi connectivity index (χ1n) is 6.08. The minimum atomic E-state index is -1.21. The SMILES string of the molecule is COc1ccc(/C=C2\SC(=O)NC2=O)c2oc(C(=O)O)cc12. The van der Waals surface area contributed by atoms with Crippen LogP contribution >= 0.6 is 11.8 Å². The number of furan rings is 1. The minimum absolute atomic E-state index is 0.213. The molecule has 0 bridgehead atoms. The van der Waals surface area contributed by atoms with Gasteiger partial charge in [-0.25, -0.2) is 4.79 Å². The third kappa shape index (κ3) is 2.33. The largest absolute Gasteiger partial charge is 0.496 e. The number of benzene rings is 1. The number of fused-ring (bicyclic) bond motifs is 1. The van der Waals surface area contributed by atoms with Crippen LogP contribution in [-0.2, 0) is 4.79 Å². The Morgan fingerprint density at radius 3 is 2.77 bits per heavy atom. The first-order valence-corrected chi connectivity index (χ1v) is 6.90. The molecule has 0 atom stereocenters. The van der Waals surface area contributed by atoms with Crippen LogP contribution in [0.15, 0.2) is 27.5 Å². The Bertz CT molecular complexity index is 850. The van der Waals surface area contributed by atoms with Crippen LogP contribution in [0.4, 0.5) is 4.79 Å². The van der Waals surface area contributed by atoms with Gasteiger partial charge in [-0.2, -0.15) is 0 Å². The first-order chi connectivity index (χ1) is 10.5. The zero-order chi connectivity index (χ0) is 15.9. The van der Waals surface area contributed by atoms with E-state index in [1.54, 1.807) is 12.1 Å². The number of nitrogens with one attached hydrogen (secondary N) is 1. The molecule has 0 aliphatic carbocycles. The Kier molecular flexibility index (Phi) is 3.38. The first kappa shape index (κ1) is 14.2. The molecule has 0 spiro atoms. The van der Waals surface area contributed by atoms with E-state index in [9.17, 15) is 14.4 Å². The number of carboxylic acids is 1. The van der Waals surface area contributed by atoms with Gasteiger partial charge in [0.1, 0.15) is 11.3 Å². The van der Waals surface area contributed by atoms with Crippen LogP contribution in [0.3, 0.4) is 0 Å². The van der Waals surface area contributed by atoms with Crippen LogP contribution in [0.5, 0.6) is 5.75 Å². The monoisotopic (exact) mass is 319 g/mol. The molecule has 0 saturated carbocycles. The lowest BCUT2D eigenvalue weighted by atomic mass is 10.1. The second-order valence-corrected chi connectivity index (χ2v) is 5.38. The molecule has 22 heavy (non-hydrogen) atoms. The summed E-state index contributed by atoms with van der Waals surface area (Å²) < 4.78 is 10.5. The van der Waals surface area contributed by atoms with E-state index >= 15 is 0 Å². The van der Waals surface area contributed by atoms with E-state index in [2.05, 4.69) is 5.32 Å². The Labute approximate surface area is 127 Å². The molecule has 2 heterocycles. The van der Waals surface area contributed by atoms with E-state index < -0.39 is 17.1 Å². The van der Waals surface area contributed by atoms with E-state index in [-0.39, 0.29) is 16.2 Å². The second-order valence-electron chi connectivity index (χ2n) is 4.37. The van der Waals surface area contributed by atoms with Gasteiger partial charge in [-0.3, -0.25) is 14.9 Å². The molecule has 2 amide bonds. The van der Waals surface area contributed by atoms with Crippen molar-refractivity contribution in [2.24, 2.45) is 0 Å². The molecule has 1 aromatic heterocycles. The Hall–Kier alpha value is -2.74. The maximum absolute atomic E-state index is 11.6. The van der Waals surface area contributed by atoms with Gasteiger partial charge >= 0.3 is 5.97 Å². The molecule has 8 heteroatoms. The molecular weight excluding hydrogens is 310 g/mol. The fourth-order valence-corrected chi connectivity index (χ4v) is 2.75. The number of carbonyl (C=O) groups excluding carboxylic acids is 2. The van der Waals surface area contributed by atoms with E-state index in [4.69, 9.17) is 14.3 Å². The molecule has 2 N–H and O–H groups in total. The van der Waals surface area contributed by atoms with Crippen molar-refractivity contribution in [3.8, 4) is 5.75 Å². The summed E-state index contributed by atoms with van der Waals surface area (Å²) in [6, 6.07) is 4.61. The summed E-state index contributed by atoms with van der Waals surface area (Å²) in [5.74, 6) is -1.49. The lowest BCUT2D eigenvalue weighted by Gasteiger charge is -2.03. The van der Waals surface area contributed by atoms with Crippen LogP contribution in [0.2, 0.25) is 0 Å². The highest BCUT2D eigenvalue weighted by atomic mass is 32.2. The lowest BCUT2D eigenvalue weighted by Crippen LogP contribution is -2.17. The van der Waals surface area contributed by atoms with E-state index in [1.165, 1.54) is 19.3 Å². The summed E-state index contributed by atoms with van der Waals surface area (Å²) in [4.78, 5) is 34.0. The molecular formula is C14H9NO6S. The van der Waals surface area contributed by atoms with Gasteiger partial charge in [0, 0.05) is 11.6 Å². The molecule has 1 aliphatic rings. The number of thioether (sulfide) groups is 1. The molecule has 112 valence electrons. The summed E-state index contributed by atoms with van der Waals surface area (Å²) in [6.07, 6.45) is 1.47. The third-order valence-corrected chi connectivity index (χ3v) is 3.84. The van der Waals surface area contributed by atoms with Crippen molar-refractivity contribution in [1.29, 1.82) is 0 Å². The average molecular weight is 319 g/mol. The zero-order valence-electron chi connectivity index (χ0n) is 11.2. The third-order valence-electron chi connectivity index (χ3n) is 3.03. The second kappa shape index (κ2) is 5.23. The predicted octanol–water partition coefficient (Wildman–Crippen LogP) is 2.46. The van der Waals surface area contributed by atoms with Gasteiger partial charge < -0.3 is 14.3 Å². The fourth-order valence-electron chi connectivity index (χ4n) is 2.08. The summed E-state index contributed by atoms with van der Waals surface area (Å²) in [7, 11) is 1.46. The van der Waals surface area contributed by atoms with E-state index in [0.29, 0.717) is 16.7 Å². The maximum Gasteiger partial charge on any atom is 0.371 e. The van der Waals surface area contributed by atoms with E-state index in [0.717, 1.165) is 11.8 Å². The van der Waals surface area contributed by atoms with Crippen molar-refractivity contribution >= 4 is 45.9 Å². The highest BCUT2D eigenvalue weighted by Crippen LogP contribution is 2.34. The summed E-state index contributed by atoms with van der Waals surface area (Å²) in [5, 5.41) is 11.2. The van der Waals surface area contributed by atoms with Crippen molar-refractivity contribution in [3.63, 3.8) is 0 Å². The van der Waals surface area contributed by atoms with Gasteiger partial charge in [0.15, 0.2) is 0 Å². The Balaban J connectivity index is 2.18. The van der Waals surface area contributed by atoms with Crippen molar-refractivity contribution in [2.75, 3.05) is 7.11 Å². The van der Waals surface area contributed by atoms with Gasteiger partial charge in [0.25, 0.3) is 11.1 Å². The number of ether oxygens (including phenoxy) is 1. The maximum atomic E-state index is 11.6. The van der Waals surface area contributed by atoms with Gasteiger partial charge in [-0.1, -0.05) is 0 Å². The number of amides is 2. The minimum Gasteiger partial charge on any atom is -0.496 e. The number of imide groups is 1. The number of aromatic carboxylic acids is 1. The number of hydrogen-bond acceptors (Lipinski definition) is 6. The lowest BCUT2D eigenvalue weighted by molar-refractivity contribution is -0.115. The topological polar surface area (TPSA) is 106 Å². The quantitative estimate of drug-likeness (QED) is 0.837. The van der Waals surface area contributed by atoms with Crippen molar-refractivity contribution in [2.45, 2.75) is 0 Å². The predicted molar refractivity (Wildman–Crippen MR) is 78.8 cm³/mol. The molecule has 0 unspecified atom stereocenters. The van der Waals surface area contributed by atoms with Crippen molar-refractivity contribution in [3.05, 3.63) is 34.4 Å². The number of methoxy groups -OCH3 is 1. The molecule has 1 saturated heterocycles. The molecule has 0 radical (unpaired) electrons. The highest BCUT2D eigenvalue weighted by molar-refractivity contribution is 8.18. The molecule has 1 aromatic carbocycles. The van der Waals surface area contributed by atoms with Gasteiger partial charge in [-0.05, 0) is 30.0 Å². The Morgan fingerprint density at radius 2 is 2.18 bits per heavy atom. The molecule has 3 rings (SSSR count). The number of rotatable bonds is 3. The van der Waals surface area contributed by atoms with Crippen LogP contribution in [0, 0.1) is 0 Å². The molecule has 1 aliphatic heterocycles. The molecule has 1 fully saturated rings. The fraction of sp³-hybridized carbons (Fsp3) is 0.0714. The number of hydrogen-bond donors (Lipinski definition) is 2. The highest BCUT2D eigenvalue weighted by Gasteiger charge is 2.26. The number of carbonyl (C=O) groups is 3. The average Bonchev–Trinajstić information content (AvgIpc) is 3.04. The summed E-state index contributed by atoms with van der Waals surface area (Å²) in [6.45, 7) is 0. The van der Waals surface area contributed by atoms with Crippen LogP contribution < -0.4 is 10.1 Å². The smallest absolute Gasteiger partial charge is 0.371 e. The summed E-state index contributed by atoms with van der Waals surface area (Å²) in [5.41, 5.74) is 0.757. The van der Waals surface area contributed by atoms with Crippen LogP contribution in [-0.4, -0.2) is 29.3 Å². The van der Waals surface area contributed by atoms with Crippen LogP contribution in [0.25, 0.3) is 17.0 Å². The Morgan fingerprint density at radius 1 is 1.41 bits per heavy atom. The van der Waals surface area contributed by atoms with E-state index in [1.807, 2.05) is 0 Å². The molecule has 7 nitrogen and oxygen atoms in total. The van der Waals surface area contributed by atoms with Crippen molar-refractivity contribution < 1.29 is 28.6 Å².